The highest BCUT2D eigenvalue weighted by molar-refractivity contribution is 7.80. The zero-order chi connectivity index (χ0) is 19.2. The third-order valence-electron chi connectivity index (χ3n) is 4.29. The number of hydrogen-bond acceptors (Lipinski definition) is 5. The minimum Gasteiger partial charge on any atom is -0.497 e. The minimum absolute atomic E-state index is 0.189. The highest BCUT2D eigenvalue weighted by Gasteiger charge is 2.21. The van der Waals surface area contributed by atoms with Gasteiger partial charge in [-0.15, -0.1) is 11.3 Å². The number of amides is 1. The Balaban J connectivity index is 1.60. The molecule has 0 spiro atoms. The second-order valence-corrected chi connectivity index (χ2v) is 7.59. The van der Waals surface area contributed by atoms with Crippen molar-refractivity contribution in [2.24, 2.45) is 0 Å². The van der Waals surface area contributed by atoms with Crippen LogP contribution in [0.15, 0.2) is 30.3 Å². The van der Waals surface area contributed by atoms with E-state index in [1.165, 1.54) is 11.0 Å². The van der Waals surface area contributed by atoms with Crippen LogP contribution < -0.4 is 15.4 Å². The van der Waals surface area contributed by atoms with Crippen LogP contribution in [0, 0.1) is 11.3 Å². The number of rotatable bonds is 4. The van der Waals surface area contributed by atoms with Gasteiger partial charge in [0.1, 0.15) is 16.8 Å². The molecule has 0 saturated carbocycles. The summed E-state index contributed by atoms with van der Waals surface area (Å²) in [6.07, 6.45) is 7.30. The van der Waals surface area contributed by atoms with Crippen LogP contribution in [0.25, 0.3) is 6.08 Å². The first-order valence-corrected chi connectivity index (χ1v) is 9.82. The number of hydrogen-bond donors (Lipinski definition) is 2. The lowest BCUT2D eigenvalue weighted by Crippen LogP contribution is -2.32. The van der Waals surface area contributed by atoms with Gasteiger partial charge >= 0.3 is 0 Å². The molecule has 1 heterocycles. The summed E-state index contributed by atoms with van der Waals surface area (Å²) in [5.41, 5.74) is 2.66. The topological polar surface area (TPSA) is 74.2 Å². The molecule has 27 heavy (non-hydrogen) atoms. The van der Waals surface area contributed by atoms with E-state index in [2.05, 4.69) is 16.7 Å². The van der Waals surface area contributed by atoms with E-state index < -0.39 is 0 Å². The number of nitriles is 1. The summed E-state index contributed by atoms with van der Waals surface area (Å²) >= 11 is 6.78. The first-order chi connectivity index (χ1) is 13.1. The van der Waals surface area contributed by atoms with E-state index >= 15 is 0 Å². The molecule has 7 heteroatoms. The molecule has 0 atom stereocenters. The van der Waals surface area contributed by atoms with Crippen molar-refractivity contribution in [1.82, 2.24) is 5.32 Å². The summed E-state index contributed by atoms with van der Waals surface area (Å²) < 4.78 is 5.10. The summed E-state index contributed by atoms with van der Waals surface area (Å²) in [7, 11) is 1.61. The predicted octanol–water partition coefficient (Wildman–Crippen LogP) is 4.03. The number of nitrogens with zero attached hydrogens (tertiary/aromatic N) is 1. The van der Waals surface area contributed by atoms with Crippen molar-refractivity contribution >= 4 is 45.7 Å². The van der Waals surface area contributed by atoms with Crippen LogP contribution in [0.2, 0.25) is 0 Å². The van der Waals surface area contributed by atoms with Crippen LogP contribution in [0.3, 0.4) is 0 Å². The summed E-state index contributed by atoms with van der Waals surface area (Å²) in [5, 5.41) is 16.0. The summed E-state index contributed by atoms with van der Waals surface area (Å²) in [5.74, 6) is 0.428. The number of anilines is 1. The van der Waals surface area contributed by atoms with Crippen molar-refractivity contribution in [2.75, 3.05) is 12.4 Å². The van der Waals surface area contributed by atoms with Crippen molar-refractivity contribution < 1.29 is 9.53 Å². The molecule has 0 aliphatic heterocycles. The Kier molecular flexibility index (Phi) is 6.22. The predicted molar refractivity (Wildman–Crippen MR) is 112 cm³/mol. The van der Waals surface area contributed by atoms with Gasteiger partial charge in [-0.2, -0.15) is 5.26 Å². The molecule has 5 nitrogen and oxygen atoms in total. The molecule has 2 aromatic rings. The standard InChI is InChI=1S/C20H19N3O2S2/c1-25-14-9-6-13(7-10-14)8-11-18(24)22-20(26)23-19-16(12-21)15-4-2-3-5-17(15)27-19/h6-11H,2-5H2,1H3,(H2,22,23,24,26)/b11-8+. The zero-order valence-electron chi connectivity index (χ0n) is 14.9. The maximum absolute atomic E-state index is 12.1. The SMILES string of the molecule is COc1ccc(/C=C/C(=O)NC(=S)Nc2sc3c(c2C#N)CCCC3)cc1. The fraction of sp³-hybridized carbons (Fsp3) is 0.250. The first-order valence-electron chi connectivity index (χ1n) is 8.59. The van der Waals surface area contributed by atoms with Crippen molar-refractivity contribution in [1.29, 1.82) is 5.26 Å². The van der Waals surface area contributed by atoms with Crippen molar-refractivity contribution in [3.05, 3.63) is 51.9 Å². The average molecular weight is 398 g/mol. The van der Waals surface area contributed by atoms with E-state index in [-0.39, 0.29) is 11.0 Å². The Morgan fingerprint density at radius 3 is 2.74 bits per heavy atom. The van der Waals surface area contributed by atoms with Crippen LogP contribution >= 0.6 is 23.6 Å². The van der Waals surface area contributed by atoms with Crippen molar-refractivity contribution in [3.63, 3.8) is 0 Å². The molecular formula is C20H19N3O2S2. The van der Waals surface area contributed by atoms with Gasteiger partial charge in [-0.1, -0.05) is 12.1 Å². The van der Waals surface area contributed by atoms with Gasteiger partial charge in [-0.05, 0) is 67.2 Å². The van der Waals surface area contributed by atoms with Gasteiger partial charge in [0.2, 0.25) is 5.91 Å². The van der Waals surface area contributed by atoms with E-state index in [1.54, 1.807) is 24.5 Å². The Bertz CT molecular complexity index is 924. The van der Waals surface area contributed by atoms with E-state index in [9.17, 15) is 10.1 Å². The molecule has 0 fully saturated rings. The second kappa shape index (κ2) is 8.80. The molecule has 1 aromatic carbocycles. The number of carbonyl (C=O) groups excluding carboxylic acids is 1. The van der Waals surface area contributed by atoms with Gasteiger partial charge in [-0.3, -0.25) is 10.1 Å². The van der Waals surface area contributed by atoms with Crippen LogP contribution in [-0.2, 0) is 17.6 Å². The molecule has 2 N–H and O–H groups in total. The van der Waals surface area contributed by atoms with E-state index in [0.29, 0.717) is 10.6 Å². The molecule has 0 radical (unpaired) electrons. The molecule has 0 saturated heterocycles. The van der Waals surface area contributed by atoms with Gasteiger partial charge in [0, 0.05) is 11.0 Å². The number of ether oxygens (including phenoxy) is 1. The fourth-order valence-corrected chi connectivity index (χ4v) is 4.46. The van der Waals surface area contributed by atoms with Crippen LogP contribution in [0.1, 0.15) is 34.4 Å². The first kappa shape index (κ1) is 19.1. The Morgan fingerprint density at radius 1 is 1.30 bits per heavy atom. The molecule has 0 bridgehead atoms. The van der Waals surface area contributed by atoms with Gasteiger partial charge in [-0.25, -0.2) is 0 Å². The van der Waals surface area contributed by atoms with Crippen molar-refractivity contribution in [2.45, 2.75) is 25.7 Å². The summed E-state index contributed by atoms with van der Waals surface area (Å²) in [6, 6.07) is 9.63. The third kappa shape index (κ3) is 4.73. The molecule has 1 aromatic heterocycles. The fourth-order valence-electron chi connectivity index (χ4n) is 2.95. The maximum atomic E-state index is 12.1. The number of methoxy groups -OCH3 is 1. The molecular weight excluding hydrogens is 378 g/mol. The number of fused-ring (bicyclic) bond motifs is 1. The zero-order valence-corrected chi connectivity index (χ0v) is 16.5. The molecule has 3 rings (SSSR count). The smallest absolute Gasteiger partial charge is 0.250 e. The lowest BCUT2D eigenvalue weighted by Gasteiger charge is -2.09. The van der Waals surface area contributed by atoms with Gasteiger partial charge < -0.3 is 10.1 Å². The number of carbonyl (C=O) groups is 1. The van der Waals surface area contributed by atoms with Gasteiger partial charge in [0.05, 0.1) is 12.7 Å². The molecule has 138 valence electrons. The quantitative estimate of drug-likeness (QED) is 0.602. The average Bonchev–Trinajstić information content (AvgIpc) is 3.03. The number of thiocarbonyl (C=S) groups is 1. The third-order valence-corrected chi connectivity index (χ3v) is 5.70. The monoisotopic (exact) mass is 397 g/mol. The number of benzene rings is 1. The highest BCUT2D eigenvalue weighted by atomic mass is 32.1. The molecule has 1 amide bonds. The Labute approximate surface area is 167 Å². The molecule has 1 aliphatic rings. The van der Waals surface area contributed by atoms with Crippen molar-refractivity contribution in [3.8, 4) is 11.8 Å². The highest BCUT2D eigenvalue weighted by Crippen LogP contribution is 2.37. The van der Waals surface area contributed by atoms with Gasteiger partial charge in [0.15, 0.2) is 5.11 Å². The Morgan fingerprint density at radius 2 is 2.04 bits per heavy atom. The lowest BCUT2D eigenvalue weighted by atomic mass is 9.96. The van der Waals surface area contributed by atoms with E-state index in [0.717, 1.165) is 42.6 Å². The molecule has 0 unspecified atom stereocenters. The summed E-state index contributed by atoms with van der Waals surface area (Å²) in [4.78, 5) is 13.3. The minimum atomic E-state index is -0.330. The lowest BCUT2D eigenvalue weighted by molar-refractivity contribution is -0.115. The number of thiophene rings is 1. The normalized spacial score (nSPS) is 12.9. The second-order valence-electron chi connectivity index (χ2n) is 6.08. The molecule has 1 aliphatic carbocycles. The van der Waals surface area contributed by atoms with E-state index in [4.69, 9.17) is 17.0 Å². The van der Waals surface area contributed by atoms with E-state index in [1.807, 2.05) is 24.3 Å². The van der Waals surface area contributed by atoms with Crippen LogP contribution in [0.5, 0.6) is 5.75 Å². The Hall–Kier alpha value is -2.69. The van der Waals surface area contributed by atoms with Crippen LogP contribution in [-0.4, -0.2) is 18.1 Å². The maximum Gasteiger partial charge on any atom is 0.250 e. The number of nitrogens with one attached hydrogen (secondary N) is 2. The van der Waals surface area contributed by atoms with Gasteiger partial charge in [0.25, 0.3) is 0 Å². The largest absolute Gasteiger partial charge is 0.497 e. The summed E-state index contributed by atoms with van der Waals surface area (Å²) in [6.45, 7) is 0. The number of aryl methyl sites for hydroxylation is 1. The van der Waals surface area contributed by atoms with Crippen LogP contribution in [0.4, 0.5) is 5.00 Å².